The Hall–Kier alpha value is -1.56. The molecular formula is C17H26N2O3S. The molecule has 1 fully saturated rings. The van der Waals surface area contributed by atoms with Crippen LogP contribution in [0, 0.1) is 0 Å². The molecule has 1 aliphatic rings. The number of carbonyl (C=O) groups is 2. The molecule has 1 aliphatic heterocycles. The topological polar surface area (TPSA) is 58.6 Å². The van der Waals surface area contributed by atoms with Gasteiger partial charge in [-0.05, 0) is 52.0 Å². The van der Waals surface area contributed by atoms with Crippen molar-refractivity contribution in [1.82, 2.24) is 10.2 Å². The van der Waals surface area contributed by atoms with E-state index in [0.29, 0.717) is 13.0 Å². The first-order chi connectivity index (χ1) is 10.8. The molecule has 1 saturated heterocycles. The van der Waals surface area contributed by atoms with Crippen molar-refractivity contribution < 1.29 is 14.3 Å². The smallest absolute Gasteiger partial charge is 0.410 e. The van der Waals surface area contributed by atoms with Gasteiger partial charge in [-0.15, -0.1) is 11.3 Å². The Kier molecular flexibility index (Phi) is 5.68. The van der Waals surface area contributed by atoms with E-state index in [4.69, 9.17) is 4.74 Å². The zero-order valence-corrected chi connectivity index (χ0v) is 15.1. The number of amides is 2. The summed E-state index contributed by atoms with van der Waals surface area (Å²) < 4.78 is 5.40. The molecule has 2 amide bonds. The van der Waals surface area contributed by atoms with Gasteiger partial charge in [0.15, 0.2) is 0 Å². The molecule has 2 rings (SSSR count). The average Bonchev–Trinajstić information content (AvgIpc) is 3.06. The SMILES string of the molecule is CC(Cc1cccs1)NC(=O)C1CCCN1C(=O)OC(C)(C)C. The van der Waals surface area contributed by atoms with E-state index in [2.05, 4.69) is 11.4 Å². The zero-order valence-electron chi connectivity index (χ0n) is 14.3. The molecule has 6 heteroatoms. The van der Waals surface area contributed by atoms with E-state index in [1.165, 1.54) is 4.88 Å². The lowest BCUT2D eigenvalue weighted by molar-refractivity contribution is -0.126. The fourth-order valence-corrected chi connectivity index (χ4v) is 3.53. The molecule has 128 valence electrons. The first-order valence-corrected chi connectivity index (χ1v) is 8.96. The normalized spacial score (nSPS) is 19.5. The van der Waals surface area contributed by atoms with E-state index in [1.807, 2.05) is 39.1 Å². The second kappa shape index (κ2) is 7.34. The summed E-state index contributed by atoms with van der Waals surface area (Å²) in [7, 11) is 0. The zero-order chi connectivity index (χ0) is 17.0. The first-order valence-electron chi connectivity index (χ1n) is 8.08. The van der Waals surface area contributed by atoms with Crippen LogP contribution in [0.3, 0.4) is 0 Å². The predicted molar refractivity (Wildman–Crippen MR) is 91.6 cm³/mol. The maximum Gasteiger partial charge on any atom is 0.410 e. The van der Waals surface area contributed by atoms with Crippen LogP contribution >= 0.6 is 11.3 Å². The minimum Gasteiger partial charge on any atom is -0.444 e. The largest absolute Gasteiger partial charge is 0.444 e. The lowest BCUT2D eigenvalue weighted by Gasteiger charge is -2.28. The van der Waals surface area contributed by atoms with Crippen LogP contribution in [0.5, 0.6) is 0 Å². The van der Waals surface area contributed by atoms with Crippen molar-refractivity contribution in [3.05, 3.63) is 22.4 Å². The Morgan fingerprint density at radius 3 is 2.83 bits per heavy atom. The van der Waals surface area contributed by atoms with Crippen molar-refractivity contribution in [2.75, 3.05) is 6.54 Å². The number of rotatable bonds is 4. The molecule has 2 unspecified atom stereocenters. The highest BCUT2D eigenvalue weighted by Gasteiger charge is 2.36. The van der Waals surface area contributed by atoms with Crippen molar-refractivity contribution in [2.24, 2.45) is 0 Å². The average molecular weight is 338 g/mol. The van der Waals surface area contributed by atoms with E-state index in [9.17, 15) is 9.59 Å². The van der Waals surface area contributed by atoms with Crippen molar-refractivity contribution in [3.63, 3.8) is 0 Å². The van der Waals surface area contributed by atoms with Gasteiger partial charge in [0.1, 0.15) is 11.6 Å². The Labute approximate surface area is 142 Å². The third kappa shape index (κ3) is 5.23. The standard InChI is InChI=1S/C17H26N2O3S/c1-12(11-13-7-6-10-23-13)18-15(20)14-8-5-9-19(14)16(21)22-17(2,3)4/h6-7,10,12,14H,5,8-9,11H2,1-4H3,(H,18,20). The third-order valence-electron chi connectivity index (χ3n) is 3.66. The monoisotopic (exact) mass is 338 g/mol. The molecule has 0 aliphatic carbocycles. The van der Waals surface area contributed by atoms with Gasteiger partial charge in [-0.1, -0.05) is 6.07 Å². The Morgan fingerprint density at radius 2 is 2.22 bits per heavy atom. The molecule has 2 heterocycles. The fraction of sp³-hybridized carbons (Fsp3) is 0.647. The minimum absolute atomic E-state index is 0.0437. The van der Waals surface area contributed by atoms with Gasteiger partial charge in [-0.3, -0.25) is 9.69 Å². The molecule has 0 radical (unpaired) electrons. The molecule has 2 atom stereocenters. The second-order valence-electron chi connectivity index (χ2n) is 7.02. The molecule has 0 aromatic carbocycles. The van der Waals surface area contributed by atoms with E-state index < -0.39 is 17.7 Å². The van der Waals surface area contributed by atoms with Gasteiger partial charge in [0.2, 0.25) is 5.91 Å². The predicted octanol–water partition coefficient (Wildman–Crippen LogP) is 3.19. The number of thiophene rings is 1. The van der Waals surface area contributed by atoms with E-state index in [1.54, 1.807) is 16.2 Å². The minimum atomic E-state index is -0.548. The van der Waals surface area contributed by atoms with Crippen LogP contribution in [-0.2, 0) is 16.0 Å². The van der Waals surface area contributed by atoms with Crippen molar-refractivity contribution >= 4 is 23.3 Å². The fourth-order valence-electron chi connectivity index (χ4n) is 2.70. The van der Waals surface area contributed by atoms with Gasteiger partial charge >= 0.3 is 6.09 Å². The van der Waals surface area contributed by atoms with E-state index >= 15 is 0 Å². The quantitative estimate of drug-likeness (QED) is 0.917. The van der Waals surface area contributed by atoms with Gasteiger partial charge in [0.05, 0.1) is 0 Å². The summed E-state index contributed by atoms with van der Waals surface area (Å²) in [5, 5.41) is 5.06. The van der Waals surface area contributed by atoms with Gasteiger partial charge in [-0.2, -0.15) is 0 Å². The van der Waals surface area contributed by atoms with Crippen LogP contribution in [0.25, 0.3) is 0 Å². The highest BCUT2D eigenvalue weighted by atomic mass is 32.1. The summed E-state index contributed by atoms with van der Waals surface area (Å²) in [6.07, 6.45) is 1.93. The summed E-state index contributed by atoms with van der Waals surface area (Å²) in [4.78, 5) is 27.5. The van der Waals surface area contributed by atoms with Crippen molar-refractivity contribution in [2.45, 2.75) is 64.6 Å². The van der Waals surface area contributed by atoms with E-state index in [0.717, 1.165) is 12.8 Å². The highest BCUT2D eigenvalue weighted by Crippen LogP contribution is 2.21. The van der Waals surface area contributed by atoms with E-state index in [-0.39, 0.29) is 11.9 Å². The van der Waals surface area contributed by atoms with Crippen LogP contribution in [0.15, 0.2) is 17.5 Å². The summed E-state index contributed by atoms with van der Waals surface area (Å²) in [5.74, 6) is -0.0857. The highest BCUT2D eigenvalue weighted by molar-refractivity contribution is 7.09. The van der Waals surface area contributed by atoms with Gasteiger partial charge in [0.25, 0.3) is 0 Å². The van der Waals surface area contributed by atoms with Gasteiger partial charge in [-0.25, -0.2) is 4.79 Å². The van der Waals surface area contributed by atoms with Crippen LogP contribution < -0.4 is 5.32 Å². The number of hydrogen-bond donors (Lipinski definition) is 1. The molecule has 1 aromatic heterocycles. The summed E-state index contributed by atoms with van der Waals surface area (Å²) in [6, 6.07) is 3.70. The third-order valence-corrected chi connectivity index (χ3v) is 4.56. The molecule has 0 spiro atoms. The molecule has 0 saturated carbocycles. The molecule has 1 aromatic rings. The molecular weight excluding hydrogens is 312 g/mol. The Balaban J connectivity index is 1.91. The van der Waals surface area contributed by atoms with Crippen molar-refractivity contribution in [1.29, 1.82) is 0 Å². The molecule has 23 heavy (non-hydrogen) atoms. The number of nitrogens with one attached hydrogen (secondary N) is 1. The number of nitrogens with zero attached hydrogens (tertiary/aromatic N) is 1. The number of likely N-dealkylation sites (tertiary alicyclic amines) is 1. The van der Waals surface area contributed by atoms with Crippen LogP contribution in [0.4, 0.5) is 4.79 Å². The van der Waals surface area contributed by atoms with Crippen molar-refractivity contribution in [3.8, 4) is 0 Å². The number of ether oxygens (including phenoxy) is 1. The molecule has 1 N–H and O–H groups in total. The van der Waals surface area contributed by atoms with Crippen LogP contribution in [0.2, 0.25) is 0 Å². The maximum atomic E-state index is 12.5. The lowest BCUT2D eigenvalue weighted by Crippen LogP contribution is -2.49. The van der Waals surface area contributed by atoms with Gasteiger partial charge < -0.3 is 10.1 Å². The second-order valence-corrected chi connectivity index (χ2v) is 8.06. The number of carbonyl (C=O) groups excluding carboxylic acids is 2. The summed E-state index contributed by atoms with van der Waals surface area (Å²) in [5.41, 5.74) is -0.548. The molecule has 5 nitrogen and oxygen atoms in total. The molecule has 0 bridgehead atoms. The summed E-state index contributed by atoms with van der Waals surface area (Å²) >= 11 is 1.69. The van der Waals surface area contributed by atoms with Crippen LogP contribution in [-0.4, -0.2) is 41.1 Å². The number of hydrogen-bond acceptors (Lipinski definition) is 4. The van der Waals surface area contributed by atoms with Crippen LogP contribution in [0.1, 0.15) is 45.4 Å². The maximum absolute atomic E-state index is 12.5. The first kappa shape index (κ1) is 17.8. The Morgan fingerprint density at radius 1 is 1.48 bits per heavy atom. The Bertz CT molecular complexity index is 537. The lowest BCUT2D eigenvalue weighted by atomic mass is 10.1. The van der Waals surface area contributed by atoms with Gasteiger partial charge in [0, 0.05) is 23.9 Å². The summed E-state index contributed by atoms with van der Waals surface area (Å²) in [6.45, 7) is 8.06.